The highest BCUT2D eigenvalue weighted by Gasteiger charge is 2.14. The van der Waals surface area contributed by atoms with Gasteiger partial charge in [0, 0.05) is 31.6 Å². The molecular weight excluding hydrogens is 354 g/mol. The molecule has 1 aliphatic rings. The lowest BCUT2D eigenvalue weighted by molar-refractivity contribution is 0.0370. The fraction of sp³-hybridized carbons (Fsp3) is 0.300. The third kappa shape index (κ3) is 5.66. The first-order valence-electron chi connectivity index (χ1n) is 8.43. The molecule has 0 radical (unpaired) electrons. The van der Waals surface area contributed by atoms with E-state index in [1.165, 1.54) is 0 Å². The fourth-order valence-electron chi connectivity index (χ4n) is 2.70. The van der Waals surface area contributed by atoms with Crippen molar-refractivity contribution in [2.24, 2.45) is 0 Å². The van der Waals surface area contributed by atoms with Crippen LogP contribution in [-0.4, -0.2) is 49.5 Å². The molecule has 1 aliphatic heterocycles. The standard InChI is InChI=1S/C20H21NO4.ClH/c22-19(9-10-21-11-13-24-14-12-21)17-7-4-8-18(15-17)25-20(23)16-5-2-1-3-6-16;/h1-8,15H,9-14H2;1H. The van der Waals surface area contributed by atoms with E-state index >= 15 is 0 Å². The van der Waals surface area contributed by atoms with Gasteiger partial charge in [0.1, 0.15) is 5.75 Å². The van der Waals surface area contributed by atoms with Crippen LogP contribution in [0.3, 0.4) is 0 Å². The molecular formula is C20H22ClNO4. The minimum Gasteiger partial charge on any atom is -0.423 e. The quantitative estimate of drug-likeness (QED) is 0.441. The van der Waals surface area contributed by atoms with Gasteiger partial charge in [-0.2, -0.15) is 0 Å². The van der Waals surface area contributed by atoms with Crippen molar-refractivity contribution >= 4 is 24.2 Å². The van der Waals surface area contributed by atoms with Crippen LogP contribution in [0.5, 0.6) is 5.75 Å². The molecule has 0 aliphatic carbocycles. The zero-order chi connectivity index (χ0) is 17.5. The number of rotatable bonds is 6. The number of morpholine rings is 1. The number of ketones is 1. The van der Waals surface area contributed by atoms with Crippen molar-refractivity contribution in [2.45, 2.75) is 6.42 Å². The molecule has 5 nitrogen and oxygen atoms in total. The minimum absolute atomic E-state index is 0. The van der Waals surface area contributed by atoms with Crippen molar-refractivity contribution < 1.29 is 19.1 Å². The minimum atomic E-state index is -0.432. The Bertz CT molecular complexity index is 730. The first kappa shape index (κ1) is 20.1. The molecule has 3 rings (SSSR count). The van der Waals surface area contributed by atoms with Crippen molar-refractivity contribution in [1.82, 2.24) is 4.90 Å². The number of nitrogens with zero attached hydrogens (tertiary/aromatic N) is 1. The second-order valence-corrected chi connectivity index (χ2v) is 5.91. The number of hydrogen-bond donors (Lipinski definition) is 0. The van der Waals surface area contributed by atoms with E-state index in [0.717, 1.165) is 32.8 Å². The highest BCUT2D eigenvalue weighted by Crippen LogP contribution is 2.17. The van der Waals surface area contributed by atoms with E-state index in [9.17, 15) is 9.59 Å². The van der Waals surface area contributed by atoms with Gasteiger partial charge in [0.15, 0.2) is 5.78 Å². The Morgan fingerprint density at radius 3 is 2.38 bits per heavy atom. The van der Waals surface area contributed by atoms with Gasteiger partial charge in [-0.1, -0.05) is 30.3 Å². The summed E-state index contributed by atoms with van der Waals surface area (Å²) in [5, 5.41) is 0. The van der Waals surface area contributed by atoms with Gasteiger partial charge in [0.25, 0.3) is 0 Å². The lowest BCUT2D eigenvalue weighted by Crippen LogP contribution is -2.37. The number of Topliss-reactive ketones (excluding diaryl/α,β-unsaturated/α-hetero) is 1. The Hall–Kier alpha value is -2.21. The van der Waals surface area contributed by atoms with E-state index in [2.05, 4.69) is 4.90 Å². The van der Waals surface area contributed by atoms with Crippen LogP contribution in [0, 0.1) is 0 Å². The van der Waals surface area contributed by atoms with Crippen LogP contribution in [0.4, 0.5) is 0 Å². The van der Waals surface area contributed by atoms with Gasteiger partial charge in [-0.15, -0.1) is 12.4 Å². The van der Waals surface area contributed by atoms with E-state index in [1.807, 2.05) is 6.07 Å². The van der Waals surface area contributed by atoms with Crippen LogP contribution in [-0.2, 0) is 4.74 Å². The molecule has 1 heterocycles. The first-order chi connectivity index (χ1) is 12.2. The van der Waals surface area contributed by atoms with Gasteiger partial charge < -0.3 is 9.47 Å². The Morgan fingerprint density at radius 1 is 0.962 bits per heavy atom. The van der Waals surface area contributed by atoms with Gasteiger partial charge >= 0.3 is 5.97 Å². The summed E-state index contributed by atoms with van der Waals surface area (Å²) in [6, 6.07) is 15.6. The predicted octanol–water partition coefficient (Wildman–Crippen LogP) is 3.23. The van der Waals surface area contributed by atoms with Gasteiger partial charge in [0.2, 0.25) is 0 Å². The number of hydrogen-bond acceptors (Lipinski definition) is 5. The molecule has 0 unspecified atom stereocenters. The van der Waals surface area contributed by atoms with Crippen molar-refractivity contribution in [3.8, 4) is 5.75 Å². The van der Waals surface area contributed by atoms with E-state index in [0.29, 0.717) is 23.3 Å². The smallest absolute Gasteiger partial charge is 0.343 e. The molecule has 0 spiro atoms. The van der Waals surface area contributed by atoms with Gasteiger partial charge in [-0.3, -0.25) is 9.69 Å². The largest absolute Gasteiger partial charge is 0.423 e. The average Bonchev–Trinajstić information content (AvgIpc) is 2.68. The molecule has 0 bridgehead atoms. The van der Waals surface area contributed by atoms with E-state index in [-0.39, 0.29) is 18.2 Å². The summed E-state index contributed by atoms with van der Waals surface area (Å²) in [6.07, 6.45) is 0.441. The zero-order valence-electron chi connectivity index (χ0n) is 14.4. The highest BCUT2D eigenvalue weighted by atomic mass is 35.5. The van der Waals surface area contributed by atoms with Gasteiger partial charge in [-0.05, 0) is 24.3 Å². The summed E-state index contributed by atoms with van der Waals surface area (Å²) in [6.45, 7) is 3.89. The van der Waals surface area contributed by atoms with Crippen LogP contribution in [0.2, 0.25) is 0 Å². The van der Waals surface area contributed by atoms with Crippen molar-refractivity contribution in [1.29, 1.82) is 0 Å². The van der Waals surface area contributed by atoms with E-state index in [1.54, 1.807) is 48.5 Å². The molecule has 26 heavy (non-hydrogen) atoms. The molecule has 2 aromatic rings. The molecule has 2 aromatic carbocycles. The predicted molar refractivity (Wildman–Crippen MR) is 101 cm³/mol. The summed E-state index contributed by atoms with van der Waals surface area (Å²) in [7, 11) is 0. The Balaban J connectivity index is 0.00000243. The molecule has 1 saturated heterocycles. The molecule has 138 valence electrons. The number of ether oxygens (including phenoxy) is 2. The van der Waals surface area contributed by atoms with Crippen LogP contribution in [0.1, 0.15) is 27.1 Å². The van der Waals surface area contributed by atoms with Gasteiger partial charge in [-0.25, -0.2) is 4.79 Å². The summed E-state index contributed by atoms with van der Waals surface area (Å²) >= 11 is 0. The molecule has 0 N–H and O–H groups in total. The average molecular weight is 376 g/mol. The molecule has 0 atom stereocenters. The second kappa shape index (κ2) is 10.1. The summed E-state index contributed by atoms with van der Waals surface area (Å²) in [5.74, 6) is -0.00584. The number of carbonyl (C=O) groups is 2. The molecule has 0 aromatic heterocycles. The second-order valence-electron chi connectivity index (χ2n) is 5.91. The lowest BCUT2D eigenvalue weighted by Gasteiger charge is -2.26. The molecule has 0 saturated carbocycles. The third-order valence-electron chi connectivity index (χ3n) is 4.13. The third-order valence-corrected chi connectivity index (χ3v) is 4.13. The van der Waals surface area contributed by atoms with Crippen LogP contribution in [0.25, 0.3) is 0 Å². The maximum Gasteiger partial charge on any atom is 0.343 e. The molecule has 6 heteroatoms. The summed E-state index contributed by atoms with van der Waals surface area (Å²) in [4.78, 5) is 26.7. The molecule has 1 fully saturated rings. The van der Waals surface area contributed by atoms with Crippen LogP contribution < -0.4 is 4.74 Å². The van der Waals surface area contributed by atoms with Crippen molar-refractivity contribution in [3.63, 3.8) is 0 Å². The van der Waals surface area contributed by atoms with Gasteiger partial charge in [0.05, 0.1) is 18.8 Å². The monoisotopic (exact) mass is 375 g/mol. The van der Waals surface area contributed by atoms with Crippen molar-refractivity contribution in [3.05, 3.63) is 65.7 Å². The summed E-state index contributed by atoms with van der Waals surface area (Å²) < 4.78 is 10.7. The van der Waals surface area contributed by atoms with E-state index < -0.39 is 5.97 Å². The SMILES string of the molecule is Cl.O=C(CCN1CCOCC1)c1cccc(OC(=O)c2ccccc2)c1. The zero-order valence-corrected chi connectivity index (χ0v) is 15.2. The van der Waals surface area contributed by atoms with Crippen LogP contribution >= 0.6 is 12.4 Å². The van der Waals surface area contributed by atoms with E-state index in [4.69, 9.17) is 9.47 Å². The fourth-order valence-corrected chi connectivity index (χ4v) is 2.70. The lowest BCUT2D eigenvalue weighted by atomic mass is 10.1. The Kier molecular flexibility index (Phi) is 7.78. The summed E-state index contributed by atoms with van der Waals surface area (Å²) in [5.41, 5.74) is 1.04. The maximum atomic E-state index is 12.4. The Labute approximate surface area is 159 Å². The number of esters is 1. The maximum absolute atomic E-state index is 12.4. The first-order valence-corrected chi connectivity index (χ1v) is 8.43. The van der Waals surface area contributed by atoms with Crippen LogP contribution in [0.15, 0.2) is 54.6 Å². The highest BCUT2D eigenvalue weighted by molar-refractivity contribution is 5.97. The Morgan fingerprint density at radius 2 is 1.65 bits per heavy atom. The normalized spacial score (nSPS) is 14.3. The number of halogens is 1. The number of benzene rings is 2. The van der Waals surface area contributed by atoms with Crippen molar-refractivity contribution in [2.75, 3.05) is 32.8 Å². The topological polar surface area (TPSA) is 55.8 Å². The molecule has 0 amide bonds. The number of carbonyl (C=O) groups excluding carboxylic acids is 2.